The fourth-order valence-corrected chi connectivity index (χ4v) is 1.46. The van der Waals surface area contributed by atoms with Crippen molar-refractivity contribution in [1.82, 2.24) is 4.90 Å². The Balaban J connectivity index is 2.56. The van der Waals surface area contributed by atoms with Gasteiger partial charge in [-0.1, -0.05) is 0 Å². The van der Waals surface area contributed by atoms with E-state index in [0.29, 0.717) is 31.9 Å². The van der Waals surface area contributed by atoms with Crippen molar-refractivity contribution in [2.75, 3.05) is 26.8 Å². The number of phenols is 1. The number of halogens is 2. The lowest BCUT2D eigenvalue weighted by molar-refractivity contribution is 0.120. The van der Waals surface area contributed by atoms with E-state index in [1.54, 1.807) is 0 Å². The van der Waals surface area contributed by atoms with Gasteiger partial charge in [0.15, 0.2) is 17.4 Å². The van der Waals surface area contributed by atoms with Crippen molar-refractivity contribution in [1.29, 1.82) is 0 Å². The normalized spacial score (nSPS) is 11.1. The van der Waals surface area contributed by atoms with Gasteiger partial charge < -0.3 is 9.84 Å². The summed E-state index contributed by atoms with van der Waals surface area (Å²) in [5, 5.41) is 8.95. The molecule has 0 radical (unpaired) electrons. The molecule has 0 bridgehead atoms. The third kappa shape index (κ3) is 4.28. The summed E-state index contributed by atoms with van der Waals surface area (Å²) in [7, 11) is 1.84. The minimum atomic E-state index is -0.932. The standard InChI is InChI=1S/C12H17F2NO2/c1-3-17-5-4-15(2)8-9-6-10(13)12(16)11(14)7-9/h6-7,16H,3-5,8H2,1-2H3. The molecule has 0 fully saturated rings. The largest absolute Gasteiger partial charge is 0.503 e. The fourth-order valence-electron chi connectivity index (χ4n) is 1.46. The fraction of sp³-hybridized carbons (Fsp3) is 0.500. The highest BCUT2D eigenvalue weighted by Gasteiger charge is 2.10. The van der Waals surface area contributed by atoms with Crippen molar-refractivity contribution in [2.24, 2.45) is 0 Å². The lowest BCUT2D eigenvalue weighted by Crippen LogP contribution is -2.22. The van der Waals surface area contributed by atoms with Gasteiger partial charge in [0.25, 0.3) is 0 Å². The number of phenolic OH excluding ortho intramolecular Hbond substituents is 1. The van der Waals surface area contributed by atoms with E-state index >= 15 is 0 Å². The number of benzene rings is 1. The van der Waals surface area contributed by atoms with Crippen LogP contribution in [0, 0.1) is 11.6 Å². The Hall–Kier alpha value is -1.20. The molecule has 0 aromatic heterocycles. The average molecular weight is 245 g/mol. The minimum Gasteiger partial charge on any atom is -0.503 e. The van der Waals surface area contributed by atoms with Crippen LogP contribution in [0.2, 0.25) is 0 Å². The molecular weight excluding hydrogens is 228 g/mol. The van der Waals surface area contributed by atoms with Crippen molar-refractivity contribution >= 4 is 0 Å². The molecule has 0 spiro atoms. The van der Waals surface area contributed by atoms with Gasteiger partial charge in [0, 0.05) is 19.7 Å². The average Bonchev–Trinajstić information content (AvgIpc) is 2.26. The predicted molar refractivity (Wildman–Crippen MR) is 60.8 cm³/mol. The van der Waals surface area contributed by atoms with Crippen molar-refractivity contribution in [3.8, 4) is 5.75 Å². The zero-order valence-electron chi connectivity index (χ0n) is 10.0. The van der Waals surface area contributed by atoms with Crippen LogP contribution in [0.25, 0.3) is 0 Å². The quantitative estimate of drug-likeness (QED) is 0.779. The highest BCUT2D eigenvalue weighted by molar-refractivity contribution is 5.29. The zero-order valence-corrected chi connectivity index (χ0v) is 10.0. The van der Waals surface area contributed by atoms with Crippen LogP contribution in [0.4, 0.5) is 8.78 Å². The molecular formula is C12H17F2NO2. The molecule has 17 heavy (non-hydrogen) atoms. The third-order valence-corrected chi connectivity index (χ3v) is 2.35. The molecule has 1 aromatic carbocycles. The zero-order chi connectivity index (χ0) is 12.8. The summed E-state index contributed by atoms with van der Waals surface area (Å²) in [6.07, 6.45) is 0. The van der Waals surface area contributed by atoms with Gasteiger partial charge in [0.2, 0.25) is 0 Å². The van der Waals surface area contributed by atoms with E-state index in [1.165, 1.54) is 0 Å². The van der Waals surface area contributed by atoms with Crippen molar-refractivity contribution < 1.29 is 18.6 Å². The Labute approximate surface area is 99.6 Å². The van der Waals surface area contributed by atoms with Gasteiger partial charge in [-0.05, 0) is 31.7 Å². The molecule has 0 unspecified atom stereocenters. The van der Waals surface area contributed by atoms with E-state index < -0.39 is 17.4 Å². The first kappa shape index (κ1) is 13.9. The monoisotopic (exact) mass is 245 g/mol. The summed E-state index contributed by atoms with van der Waals surface area (Å²) in [5.74, 6) is -2.79. The molecule has 1 N–H and O–H groups in total. The molecule has 0 saturated heterocycles. The lowest BCUT2D eigenvalue weighted by Gasteiger charge is -2.16. The molecule has 0 aliphatic heterocycles. The summed E-state index contributed by atoms with van der Waals surface area (Å²) in [4.78, 5) is 1.89. The summed E-state index contributed by atoms with van der Waals surface area (Å²) >= 11 is 0. The van der Waals surface area contributed by atoms with Crippen molar-refractivity contribution in [2.45, 2.75) is 13.5 Å². The number of hydrogen-bond acceptors (Lipinski definition) is 3. The van der Waals surface area contributed by atoms with Crippen LogP contribution in [-0.4, -0.2) is 36.8 Å². The molecule has 0 saturated carbocycles. The van der Waals surface area contributed by atoms with Gasteiger partial charge in [-0.3, -0.25) is 4.90 Å². The first-order valence-corrected chi connectivity index (χ1v) is 5.47. The first-order valence-electron chi connectivity index (χ1n) is 5.47. The number of aromatic hydroxyl groups is 1. The molecule has 3 nitrogen and oxygen atoms in total. The van der Waals surface area contributed by atoms with Crippen LogP contribution in [-0.2, 0) is 11.3 Å². The second-order valence-electron chi connectivity index (χ2n) is 3.84. The van der Waals surface area contributed by atoms with Crippen molar-refractivity contribution in [3.63, 3.8) is 0 Å². The maximum Gasteiger partial charge on any atom is 0.187 e. The van der Waals surface area contributed by atoms with Crippen LogP contribution in [0.3, 0.4) is 0 Å². The molecule has 0 atom stereocenters. The second kappa shape index (κ2) is 6.51. The number of hydrogen-bond donors (Lipinski definition) is 1. The van der Waals surface area contributed by atoms with Crippen LogP contribution in [0.5, 0.6) is 5.75 Å². The molecule has 1 rings (SSSR count). The Kier molecular flexibility index (Phi) is 5.31. The Morgan fingerprint density at radius 1 is 1.29 bits per heavy atom. The van der Waals surface area contributed by atoms with Crippen LogP contribution in [0.1, 0.15) is 12.5 Å². The number of ether oxygens (including phenoxy) is 1. The highest BCUT2D eigenvalue weighted by Crippen LogP contribution is 2.21. The van der Waals surface area contributed by atoms with Gasteiger partial charge in [-0.25, -0.2) is 8.78 Å². The van der Waals surface area contributed by atoms with E-state index in [9.17, 15) is 8.78 Å². The Morgan fingerprint density at radius 3 is 2.41 bits per heavy atom. The highest BCUT2D eigenvalue weighted by atomic mass is 19.1. The van der Waals surface area contributed by atoms with Gasteiger partial charge >= 0.3 is 0 Å². The number of likely N-dealkylation sites (N-methyl/N-ethyl adjacent to an activating group) is 1. The molecule has 0 aliphatic rings. The van der Waals surface area contributed by atoms with E-state index in [0.717, 1.165) is 12.1 Å². The molecule has 1 aromatic rings. The van der Waals surface area contributed by atoms with Crippen LogP contribution < -0.4 is 0 Å². The third-order valence-electron chi connectivity index (χ3n) is 2.35. The Bertz CT molecular complexity index is 349. The molecule has 0 heterocycles. The van der Waals surface area contributed by atoms with Crippen molar-refractivity contribution in [3.05, 3.63) is 29.3 Å². The molecule has 5 heteroatoms. The molecule has 96 valence electrons. The summed E-state index contributed by atoms with van der Waals surface area (Å²) in [5.41, 5.74) is 0.483. The van der Waals surface area contributed by atoms with Gasteiger partial charge in [-0.15, -0.1) is 0 Å². The van der Waals surface area contributed by atoms with E-state index in [1.807, 2.05) is 18.9 Å². The SMILES string of the molecule is CCOCCN(C)Cc1cc(F)c(O)c(F)c1. The smallest absolute Gasteiger partial charge is 0.187 e. The van der Waals surface area contributed by atoms with Crippen LogP contribution in [0.15, 0.2) is 12.1 Å². The maximum absolute atomic E-state index is 13.1. The molecule has 0 aliphatic carbocycles. The number of rotatable bonds is 6. The van der Waals surface area contributed by atoms with E-state index in [2.05, 4.69) is 0 Å². The summed E-state index contributed by atoms with van der Waals surface area (Å²) in [6, 6.07) is 2.27. The van der Waals surface area contributed by atoms with Gasteiger partial charge in [-0.2, -0.15) is 0 Å². The summed E-state index contributed by atoms with van der Waals surface area (Å²) in [6.45, 7) is 4.22. The van der Waals surface area contributed by atoms with Crippen LogP contribution >= 0.6 is 0 Å². The van der Waals surface area contributed by atoms with Gasteiger partial charge in [0.05, 0.1) is 6.61 Å². The van der Waals surface area contributed by atoms with Gasteiger partial charge in [0.1, 0.15) is 0 Å². The minimum absolute atomic E-state index is 0.404. The van der Waals surface area contributed by atoms with E-state index in [4.69, 9.17) is 9.84 Å². The lowest BCUT2D eigenvalue weighted by atomic mass is 10.2. The second-order valence-corrected chi connectivity index (χ2v) is 3.84. The predicted octanol–water partition coefficient (Wildman–Crippen LogP) is 2.14. The maximum atomic E-state index is 13.1. The summed E-state index contributed by atoms with van der Waals surface area (Å²) < 4.78 is 31.3. The number of nitrogens with zero attached hydrogens (tertiary/aromatic N) is 1. The Morgan fingerprint density at radius 2 is 1.88 bits per heavy atom. The topological polar surface area (TPSA) is 32.7 Å². The first-order chi connectivity index (χ1) is 8.04. The molecule has 0 amide bonds. The van der Waals surface area contributed by atoms with E-state index in [-0.39, 0.29) is 0 Å².